The fourth-order valence-electron chi connectivity index (χ4n) is 9.74. The van der Waals surface area contributed by atoms with Crippen LogP contribution in [0.1, 0.15) is 323 Å². The minimum absolute atomic E-state index is 0.0434. The van der Waals surface area contributed by atoms with E-state index in [0.29, 0.717) is 23.9 Å². The third-order valence-corrected chi connectivity index (χ3v) is 15.8. The zero-order valence-corrected chi connectivity index (χ0v) is 52.2. The summed E-state index contributed by atoms with van der Waals surface area (Å²) >= 11 is 0. The quantitative estimate of drug-likeness (QED) is 0.0205. The maximum atomic E-state index is 13.5. The largest absolute Gasteiger partial charge is 0.472 e. The summed E-state index contributed by atoms with van der Waals surface area (Å²) in [6.45, 7) is 7.02. The number of quaternary nitrogens is 1. The Morgan fingerprint density at radius 1 is 0.461 bits per heavy atom. The van der Waals surface area contributed by atoms with Crippen LogP contribution in [0.2, 0.25) is 0 Å². The lowest BCUT2D eigenvalue weighted by Gasteiger charge is -2.27. The fraction of sp³-hybridized carbons (Fsp3) is 0.879. The number of esters is 1. The molecule has 0 heterocycles. The predicted molar refractivity (Wildman–Crippen MR) is 328 cm³/mol. The average Bonchev–Trinajstić information content (AvgIpc) is 3.38. The summed E-state index contributed by atoms with van der Waals surface area (Å²) in [5.74, 6) is -0.490. The van der Waals surface area contributed by atoms with Gasteiger partial charge >= 0.3 is 13.8 Å². The molecular formula is C66H128N2O7P+. The Bertz CT molecular complexity index is 1400. The minimum atomic E-state index is -4.44. The van der Waals surface area contributed by atoms with Crippen LogP contribution in [-0.2, 0) is 27.9 Å². The van der Waals surface area contributed by atoms with Crippen LogP contribution in [0.5, 0.6) is 0 Å². The summed E-state index contributed by atoms with van der Waals surface area (Å²) in [6, 6.07) is -0.842. The van der Waals surface area contributed by atoms with E-state index in [0.717, 1.165) is 64.2 Å². The monoisotopic (exact) mass is 1090 g/mol. The molecule has 0 aromatic heterocycles. The molecule has 448 valence electrons. The van der Waals surface area contributed by atoms with Crippen molar-refractivity contribution in [2.24, 2.45) is 0 Å². The molecule has 2 N–H and O–H groups in total. The molecule has 3 unspecified atom stereocenters. The summed E-state index contributed by atoms with van der Waals surface area (Å²) in [5.41, 5.74) is 0. The fourth-order valence-corrected chi connectivity index (χ4v) is 10.5. The number of amides is 1. The first-order valence-electron chi connectivity index (χ1n) is 32.8. The van der Waals surface area contributed by atoms with Crippen molar-refractivity contribution in [1.29, 1.82) is 0 Å². The third-order valence-electron chi connectivity index (χ3n) is 14.8. The number of likely N-dealkylation sites (N-methyl/N-ethyl adjacent to an activating group) is 1. The Kier molecular flexibility index (Phi) is 55.2. The zero-order chi connectivity index (χ0) is 55.7. The van der Waals surface area contributed by atoms with Crippen molar-refractivity contribution in [2.45, 2.75) is 335 Å². The van der Waals surface area contributed by atoms with Gasteiger partial charge in [0.2, 0.25) is 5.91 Å². The van der Waals surface area contributed by atoms with Crippen LogP contribution in [0.4, 0.5) is 0 Å². The van der Waals surface area contributed by atoms with Gasteiger partial charge in [-0.3, -0.25) is 18.6 Å². The molecule has 0 aliphatic heterocycles. The SMILES string of the molecule is CCCCC/C=C\C/C=C\CCCCCCCCCCCCCCCCCC(=O)OC(/C=C\CCCCCCCCCCCC)C(COP(=O)(O)OCC[N+](C)(C)C)NC(=O)CCCCCCCCCCCCCCC. The van der Waals surface area contributed by atoms with Gasteiger partial charge in [-0.15, -0.1) is 0 Å². The molecule has 0 aromatic rings. The van der Waals surface area contributed by atoms with Crippen LogP contribution in [0.25, 0.3) is 0 Å². The number of nitrogens with zero attached hydrogens (tertiary/aromatic N) is 1. The molecule has 3 atom stereocenters. The van der Waals surface area contributed by atoms with Crippen LogP contribution >= 0.6 is 7.82 Å². The number of rotatable bonds is 60. The maximum Gasteiger partial charge on any atom is 0.472 e. The van der Waals surface area contributed by atoms with Gasteiger partial charge in [-0.25, -0.2) is 4.57 Å². The van der Waals surface area contributed by atoms with Gasteiger partial charge < -0.3 is 19.4 Å². The highest BCUT2D eigenvalue weighted by atomic mass is 31.2. The van der Waals surface area contributed by atoms with E-state index in [4.69, 9.17) is 13.8 Å². The van der Waals surface area contributed by atoms with Crippen LogP contribution in [-0.4, -0.2) is 74.3 Å². The lowest BCUT2D eigenvalue weighted by Crippen LogP contribution is -2.47. The highest BCUT2D eigenvalue weighted by Crippen LogP contribution is 2.43. The van der Waals surface area contributed by atoms with Crippen molar-refractivity contribution in [3.63, 3.8) is 0 Å². The number of phosphoric ester groups is 1. The van der Waals surface area contributed by atoms with Crippen molar-refractivity contribution in [2.75, 3.05) is 40.9 Å². The first kappa shape index (κ1) is 74.2. The van der Waals surface area contributed by atoms with Gasteiger partial charge in [0.05, 0.1) is 33.8 Å². The second kappa shape index (κ2) is 56.5. The molecule has 0 saturated heterocycles. The molecule has 9 nitrogen and oxygen atoms in total. The van der Waals surface area contributed by atoms with Crippen molar-refractivity contribution in [3.05, 3.63) is 36.5 Å². The second-order valence-corrected chi connectivity index (χ2v) is 25.1. The predicted octanol–water partition coefficient (Wildman–Crippen LogP) is 20.3. The summed E-state index contributed by atoms with van der Waals surface area (Å²) < 4.78 is 30.7. The van der Waals surface area contributed by atoms with Crippen molar-refractivity contribution >= 4 is 19.7 Å². The lowest BCUT2D eigenvalue weighted by molar-refractivity contribution is -0.870. The number of carbonyl (C=O) groups is 2. The highest BCUT2D eigenvalue weighted by molar-refractivity contribution is 7.47. The molecule has 0 aromatic carbocycles. The number of hydrogen-bond acceptors (Lipinski definition) is 6. The Balaban J connectivity index is 5.04. The van der Waals surface area contributed by atoms with E-state index in [9.17, 15) is 19.0 Å². The standard InChI is InChI=1S/C66H127N2O7P/c1-7-10-13-16-19-22-25-28-29-30-31-32-33-34-35-36-37-38-39-41-44-47-50-53-56-59-66(70)75-64(57-54-51-48-45-42-27-24-21-18-15-12-9-3)63(62-74-76(71,72)73-61-60-68(4,5)6)67-65(69)58-55-52-49-46-43-40-26-23-20-17-14-11-8-2/h19,22,28-29,54,57,63-64H,7-18,20-21,23-27,30-53,55-56,58-62H2,1-6H3,(H-,67,69,71,72)/p+1/b22-19-,29-28-,57-54-. The molecule has 76 heavy (non-hydrogen) atoms. The smallest absolute Gasteiger partial charge is 0.456 e. The first-order valence-corrected chi connectivity index (χ1v) is 34.3. The van der Waals surface area contributed by atoms with E-state index < -0.39 is 20.0 Å². The molecular weight excluding hydrogens is 964 g/mol. The molecule has 1 amide bonds. The molecule has 0 aliphatic rings. The normalized spacial score (nSPS) is 13.8. The van der Waals surface area contributed by atoms with Gasteiger partial charge in [0, 0.05) is 12.8 Å². The summed E-state index contributed by atoms with van der Waals surface area (Å²) in [5, 5.41) is 3.06. The molecule has 0 rings (SSSR count). The molecule has 0 saturated carbocycles. The highest BCUT2D eigenvalue weighted by Gasteiger charge is 2.30. The maximum absolute atomic E-state index is 13.5. The topological polar surface area (TPSA) is 111 Å². The summed E-state index contributed by atoms with van der Waals surface area (Å²) in [6.07, 6.45) is 68.6. The molecule has 0 bridgehead atoms. The second-order valence-electron chi connectivity index (χ2n) is 23.6. The molecule has 0 spiro atoms. The number of carbonyl (C=O) groups excluding carboxylic acids is 2. The Labute approximate surface area is 472 Å². The molecule has 0 fully saturated rings. The van der Waals surface area contributed by atoms with E-state index in [-0.39, 0.29) is 25.1 Å². The van der Waals surface area contributed by atoms with Gasteiger partial charge in [0.1, 0.15) is 19.3 Å². The summed E-state index contributed by atoms with van der Waals surface area (Å²) in [7, 11) is 1.51. The van der Waals surface area contributed by atoms with Crippen LogP contribution < -0.4 is 5.32 Å². The van der Waals surface area contributed by atoms with E-state index in [1.807, 2.05) is 33.3 Å². The molecule has 0 aliphatic carbocycles. The van der Waals surface area contributed by atoms with Crippen molar-refractivity contribution in [3.8, 4) is 0 Å². The van der Waals surface area contributed by atoms with Crippen LogP contribution in [0, 0.1) is 0 Å². The average molecular weight is 1090 g/mol. The number of allylic oxidation sites excluding steroid dienone is 5. The van der Waals surface area contributed by atoms with Crippen LogP contribution in [0.3, 0.4) is 0 Å². The number of phosphoric acid groups is 1. The van der Waals surface area contributed by atoms with Gasteiger partial charge in [-0.2, -0.15) is 0 Å². The number of nitrogens with one attached hydrogen (secondary N) is 1. The van der Waals surface area contributed by atoms with Gasteiger partial charge in [0.15, 0.2) is 0 Å². The Hall–Kier alpha value is -1.77. The van der Waals surface area contributed by atoms with Gasteiger partial charge in [0.25, 0.3) is 0 Å². The number of unbranched alkanes of at least 4 members (excludes halogenated alkanes) is 40. The first-order chi connectivity index (χ1) is 36.9. The van der Waals surface area contributed by atoms with Gasteiger partial charge in [-0.1, -0.05) is 282 Å². The zero-order valence-electron chi connectivity index (χ0n) is 51.3. The van der Waals surface area contributed by atoms with E-state index in [1.54, 1.807) is 0 Å². The van der Waals surface area contributed by atoms with Crippen molar-refractivity contribution in [1.82, 2.24) is 5.32 Å². The number of ether oxygens (including phenoxy) is 1. The van der Waals surface area contributed by atoms with E-state index in [2.05, 4.69) is 50.4 Å². The van der Waals surface area contributed by atoms with E-state index >= 15 is 0 Å². The number of hydrogen-bond donors (Lipinski definition) is 2. The van der Waals surface area contributed by atoms with Gasteiger partial charge in [-0.05, 0) is 63.9 Å². The van der Waals surface area contributed by atoms with E-state index in [1.165, 1.54) is 225 Å². The van der Waals surface area contributed by atoms with Crippen molar-refractivity contribution < 1.29 is 37.3 Å². The molecule has 0 radical (unpaired) electrons. The lowest BCUT2D eigenvalue weighted by atomic mass is 10.0. The summed E-state index contributed by atoms with van der Waals surface area (Å²) in [4.78, 5) is 37.7. The van der Waals surface area contributed by atoms with Crippen LogP contribution in [0.15, 0.2) is 36.5 Å². The minimum Gasteiger partial charge on any atom is -0.456 e. The molecule has 10 heteroatoms. The Morgan fingerprint density at radius 3 is 1.21 bits per heavy atom. The third kappa shape index (κ3) is 56.9. The Morgan fingerprint density at radius 2 is 0.803 bits per heavy atom.